The van der Waals surface area contributed by atoms with Crippen molar-refractivity contribution in [3.63, 3.8) is 0 Å². The molecule has 1 atom stereocenters. The predicted octanol–water partition coefficient (Wildman–Crippen LogP) is 1.47. The maximum atomic E-state index is 10.6. The zero-order valence-electron chi connectivity index (χ0n) is 6.96. The average Bonchev–Trinajstić information content (AvgIpc) is 2.39. The van der Waals surface area contributed by atoms with Crippen molar-refractivity contribution in [3.05, 3.63) is 0 Å². The van der Waals surface area contributed by atoms with Crippen molar-refractivity contribution in [1.82, 2.24) is 0 Å². The first-order valence-electron chi connectivity index (χ1n) is 3.97. The Morgan fingerprint density at radius 2 is 2.09 bits per heavy atom. The van der Waals surface area contributed by atoms with Crippen molar-refractivity contribution in [2.24, 2.45) is 5.92 Å². The predicted molar refractivity (Wildman–Crippen MR) is 41.3 cm³/mol. The molecule has 1 aliphatic rings. The molecule has 1 N–H and O–H groups in total. The molecule has 3 nitrogen and oxygen atoms in total. The van der Waals surface area contributed by atoms with Gasteiger partial charge in [0.15, 0.2) is 0 Å². The molecule has 0 aromatic carbocycles. The summed E-state index contributed by atoms with van der Waals surface area (Å²) in [5.74, 6) is -1.76. The molecule has 3 heteroatoms. The van der Waals surface area contributed by atoms with Gasteiger partial charge in [0.05, 0.1) is 0 Å². The lowest BCUT2D eigenvalue weighted by molar-refractivity contribution is -0.144. The minimum atomic E-state index is -0.961. The van der Waals surface area contributed by atoms with Crippen LogP contribution in [0.5, 0.6) is 0 Å². The Labute approximate surface area is 66.4 Å². The molecule has 1 rings (SSSR count). The highest BCUT2D eigenvalue weighted by Crippen LogP contribution is 2.20. The van der Waals surface area contributed by atoms with E-state index >= 15 is 0 Å². The Bertz CT molecular complexity index is 151. The van der Waals surface area contributed by atoms with Crippen LogP contribution < -0.4 is 0 Å². The lowest BCUT2D eigenvalue weighted by atomic mass is 10.1. The summed E-state index contributed by atoms with van der Waals surface area (Å²) >= 11 is 0. The fourth-order valence-electron chi connectivity index (χ4n) is 1.08. The van der Waals surface area contributed by atoms with Crippen molar-refractivity contribution in [2.75, 3.05) is 0 Å². The first-order chi connectivity index (χ1) is 5.22. The molecule has 1 fully saturated rings. The Hall–Kier alpha value is -0.860. The number of hydrogen-bond donors (Lipinski definition) is 1. The number of carbonyl (C=O) groups excluding carboxylic acids is 1. The lowest BCUT2D eigenvalue weighted by Crippen LogP contribution is -2.17. The van der Waals surface area contributed by atoms with E-state index in [0.717, 1.165) is 6.42 Å². The Morgan fingerprint density at radius 3 is 2.27 bits per heavy atom. The topological polar surface area (TPSA) is 54.4 Å². The molecule has 11 heavy (non-hydrogen) atoms. The van der Waals surface area contributed by atoms with Gasteiger partial charge in [-0.1, -0.05) is 13.8 Å². The molecule has 1 saturated carbocycles. The van der Waals surface area contributed by atoms with Gasteiger partial charge in [-0.25, -0.2) is 0 Å². The number of carboxylic acids is 1. The van der Waals surface area contributed by atoms with E-state index in [-0.39, 0.29) is 5.78 Å². The zero-order valence-corrected chi connectivity index (χ0v) is 6.96. The molecule has 1 unspecified atom stereocenters. The molecule has 0 aromatic rings. The highest BCUT2D eigenvalue weighted by molar-refractivity contribution is 5.99. The van der Waals surface area contributed by atoms with Crippen LogP contribution in [0.3, 0.4) is 0 Å². The monoisotopic (exact) mass is 158 g/mol. The van der Waals surface area contributed by atoms with E-state index in [1.807, 2.05) is 13.8 Å². The molecule has 0 aliphatic heterocycles. The summed E-state index contributed by atoms with van der Waals surface area (Å²) in [7, 11) is 0. The van der Waals surface area contributed by atoms with Gasteiger partial charge in [-0.15, -0.1) is 0 Å². The van der Waals surface area contributed by atoms with Crippen molar-refractivity contribution in [1.29, 1.82) is 0 Å². The number of Topliss-reactive ketones (excluding diaryl/α,β-unsaturated/α-hetero) is 1. The van der Waals surface area contributed by atoms with Crippen LogP contribution >= 0.6 is 0 Å². The molecule has 1 aliphatic carbocycles. The second-order valence-corrected chi connectivity index (χ2v) is 2.25. The number of rotatable bonds is 1. The van der Waals surface area contributed by atoms with E-state index in [1.165, 1.54) is 0 Å². The molecule has 64 valence electrons. The van der Waals surface area contributed by atoms with Crippen molar-refractivity contribution in [2.45, 2.75) is 33.1 Å². The molecule has 0 radical (unpaired) electrons. The highest BCUT2D eigenvalue weighted by Gasteiger charge is 2.30. The molecule has 0 amide bonds. The third kappa shape index (κ3) is 2.70. The maximum absolute atomic E-state index is 10.6. The van der Waals surface area contributed by atoms with E-state index in [0.29, 0.717) is 12.8 Å². The largest absolute Gasteiger partial charge is 0.481 e. The standard InChI is InChI=1S/C6H8O3.C2H6/c7-5-3-1-2-4(5)6(8)9;1-2/h4H,1-3H2,(H,8,9);1-2H3. The first-order valence-corrected chi connectivity index (χ1v) is 3.97. The molecule has 0 heterocycles. The SMILES string of the molecule is CC.O=C(O)C1CCCC1=O. The third-order valence-electron chi connectivity index (χ3n) is 1.60. The molecule has 0 saturated heterocycles. The molecular weight excluding hydrogens is 144 g/mol. The van der Waals surface area contributed by atoms with Crippen LogP contribution in [-0.2, 0) is 9.59 Å². The number of hydrogen-bond acceptors (Lipinski definition) is 2. The summed E-state index contributed by atoms with van der Waals surface area (Å²) in [6.07, 6.45) is 1.74. The minimum absolute atomic E-state index is 0.109. The van der Waals surface area contributed by atoms with Crippen LogP contribution in [-0.4, -0.2) is 16.9 Å². The van der Waals surface area contributed by atoms with Gasteiger partial charge in [-0.2, -0.15) is 0 Å². The molecule has 0 bridgehead atoms. The molecule has 0 spiro atoms. The van der Waals surface area contributed by atoms with Gasteiger partial charge in [-0.05, 0) is 12.8 Å². The third-order valence-corrected chi connectivity index (χ3v) is 1.60. The number of carbonyl (C=O) groups is 2. The van der Waals surface area contributed by atoms with Gasteiger partial charge in [0, 0.05) is 6.42 Å². The normalized spacial score (nSPS) is 22.4. The fourth-order valence-corrected chi connectivity index (χ4v) is 1.08. The summed E-state index contributed by atoms with van der Waals surface area (Å²) in [5.41, 5.74) is 0. The summed E-state index contributed by atoms with van der Waals surface area (Å²) in [6, 6.07) is 0. The Kier molecular flexibility index (Phi) is 4.50. The van der Waals surface area contributed by atoms with Gasteiger partial charge in [0.2, 0.25) is 0 Å². The number of ketones is 1. The smallest absolute Gasteiger partial charge is 0.314 e. The van der Waals surface area contributed by atoms with E-state index in [4.69, 9.17) is 5.11 Å². The second kappa shape index (κ2) is 4.88. The average molecular weight is 158 g/mol. The van der Waals surface area contributed by atoms with Crippen LogP contribution in [0.4, 0.5) is 0 Å². The van der Waals surface area contributed by atoms with Gasteiger partial charge in [0.25, 0.3) is 0 Å². The van der Waals surface area contributed by atoms with E-state index in [1.54, 1.807) is 0 Å². The lowest BCUT2D eigenvalue weighted by Gasteiger charge is -1.96. The van der Waals surface area contributed by atoms with Crippen molar-refractivity contribution in [3.8, 4) is 0 Å². The number of aliphatic carboxylic acids is 1. The Morgan fingerprint density at radius 1 is 1.55 bits per heavy atom. The second-order valence-electron chi connectivity index (χ2n) is 2.25. The first kappa shape index (κ1) is 10.1. The number of carboxylic acid groups (broad SMARTS) is 1. The maximum Gasteiger partial charge on any atom is 0.314 e. The summed E-state index contributed by atoms with van der Waals surface area (Å²) in [4.78, 5) is 20.8. The minimum Gasteiger partial charge on any atom is -0.481 e. The van der Waals surface area contributed by atoms with Crippen LogP contribution in [0.1, 0.15) is 33.1 Å². The summed E-state index contributed by atoms with van der Waals surface area (Å²) < 4.78 is 0. The van der Waals surface area contributed by atoms with E-state index < -0.39 is 11.9 Å². The van der Waals surface area contributed by atoms with Crippen LogP contribution in [0.25, 0.3) is 0 Å². The van der Waals surface area contributed by atoms with Crippen LogP contribution in [0.2, 0.25) is 0 Å². The van der Waals surface area contributed by atoms with Crippen molar-refractivity contribution < 1.29 is 14.7 Å². The highest BCUT2D eigenvalue weighted by atomic mass is 16.4. The van der Waals surface area contributed by atoms with Gasteiger partial charge in [-0.3, -0.25) is 9.59 Å². The molecular formula is C8H14O3. The van der Waals surface area contributed by atoms with Gasteiger partial charge >= 0.3 is 5.97 Å². The van der Waals surface area contributed by atoms with E-state index in [9.17, 15) is 9.59 Å². The van der Waals surface area contributed by atoms with E-state index in [2.05, 4.69) is 0 Å². The summed E-state index contributed by atoms with van der Waals surface area (Å²) in [6.45, 7) is 4.00. The van der Waals surface area contributed by atoms with Gasteiger partial charge in [0.1, 0.15) is 11.7 Å². The fraction of sp³-hybridized carbons (Fsp3) is 0.750. The van der Waals surface area contributed by atoms with Crippen LogP contribution in [0.15, 0.2) is 0 Å². The quantitative estimate of drug-likeness (QED) is 0.588. The zero-order chi connectivity index (χ0) is 8.85. The van der Waals surface area contributed by atoms with Crippen LogP contribution in [0, 0.1) is 5.92 Å². The Balaban J connectivity index is 0.000000461. The molecule has 0 aromatic heterocycles. The van der Waals surface area contributed by atoms with Crippen molar-refractivity contribution >= 4 is 11.8 Å². The summed E-state index contributed by atoms with van der Waals surface area (Å²) in [5, 5.41) is 8.36. The van der Waals surface area contributed by atoms with Gasteiger partial charge < -0.3 is 5.11 Å².